The maximum absolute atomic E-state index is 11.8. The van der Waals surface area contributed by atoms with Crippen LogP contribution in [0.25, 0.3) is 0 Å². The van der Waals surface area contributed by atoms with Crippen LogP contribution in [0.15, 0.2) is 24.3 Å². The predicted molar refractivity (Wildman–Crippen MR) is 65.7 cm³/mol. The summed E-state index contributed by atoms with van der Waals surface area (Å²) < 4.78 is 5.01. The number of amides is 1. The molecule has 3 nitrogen and oxygen atoms in total. The van der Waals surface area contributed by atoms with Crippen LogP contribution in [-0.4, -0.2) is 26.2 Å². The molecule has 0 radical (unpaired) electrons. The van der Waals surface area contributed by atoms with Crippen LogP contribution in [0.2, 0.25) is 0 Å². The second-order valence-electron chi connectivity index (χ2n) is 3.80. The van der Waals surface area contributed by atoms with Gasteiger partial charge in [0, 0.05) is 19.8 Å². The number of carbonyl (C=O) groups is 1. The average Bonchev–Trinajstić information content (AvgIpc) is 2.36. The molecule has 1 amide bonds. The number of methoxy groups -OCH3 is 1. The first-order valence-electron chi connectivity index (χ1n) is 5.49. The van der Waals surface area contributed by atoms with Gasteiger partial charge in [0.25, 0.3) is 5.91 Å². The van der Waals surface area contributed by atoms with Gasteiger partial charge in [0.05, 0.1) is 0 Å². The third-order valence-corrected chi connectivity index (χ3v) is 2.76. The lowest BCUT2D eigenvalue weighted by Crippen LogP contribution is -2.35. The smallest absolute Gasteiger partial charge is 0.255 e. The highest BCUT2D eigenvalue weighted by molar-refractivity contribution is 5.95. The Morgan fingerprint density at radius 2 is 1.94 bits per heavy atom. The maximum Gasteiger partial charge on any atom is 0.255 e. The van der Waals surface area contributed by atoms with Crippen LogP contribution in [0.1, 0.15) is 19.4 Å². The number of nitrogens with zero attached hydrogens (tertiary/aromatic N) is 1. The molecule has 0 aliphatic rings. The highest BCUT2D eigenvalue weighted by Gasteiger charge is 2.17. The van der Waals surface area contributed by atoms with Gasteiger partial charge in [0.1, 0.15) is 6.10 Å². The van der Waals surface area contributed by atoms with Gasteiger partial charge in [0.2, 0.25) is 0 Å². The van der Waals surface area contributed by atoms with Crippen molar-refractivity contribution in [3.05, 3.63) is 29.8 Å². The first-order chi connectivity index (χ1) is 7.60. The molecule has 0 N–H and O–H groups in total. The Labute approximate surface area is 97.0 Å². The van der Waals surface area contributed by atoms with Crippen LogP contribution in [-0.2, 0) is 16.0 Å². The Morgan fingerprint density at radius 1 is 1.38 bits per heavy atom. The lowest BCUT2D eigenvalue weighted by atomic mass is 10.1. The number of aryl methyl sites for hydroxylation is 1. The lowest BCUT2D eigenvalue weighted by molar-refractivity contribution is -0.127. The first kappa shape index (κ1) is 12.7. The Bertz CT molecular complexity index is 345. The van der Waals surface area contributed by atoms with Crippen LogP contribution in [0.3, 0.4) is 0 Å². The highest BCUT2D eigenvalue weighted by Crippen LogP contribution is 2.15. The van der Waals surface area contributed by atoms with Gasteiger partial charge in [-0.1, -0.05) is 19.1 Å². The molecule has 88 valence electrons. The van der Waals surface area contributed by atoms with Gasteiger partial charge >= 0.3 is 0 Å². The van der Waals surface area contributed by atoms with Crippen LogP contribution < -0.4 is 4.90 Å². The molecule has 0 fully saturated rings. The minimum absolute atomic E-state index is 0.0354. The molecule has 0 bridgehead atoms. The zero-order chi connectivity index (χ0) is 12.1. The molecule has 1 aromatic rings. The quantitative estimate of drug-likeness (QED) is 0.780. The summed E-state index contributed by atoms with van der Waals surface area (Å²) in [4.78, 5) is 13.4. The van der Waals surface area contributed by atoms with Crippen molar-refractivity contribution in [3.8, 4) is 0 Å². The Morgan fingerprint density at radius 3 is 2.38 bits per heavy atom. The summed E-state index contributed by atoms with van der Waals surface area (Å²) in [5, 5.41) is 0. The monoisotopic (exact) mass is 221 g/mol. The summed E-state index contributed by atoms with van der Waals surface area (Å²) in [6.45, 7) is 3.86. The number of hydrogen-bond acceptors (Lipinski definition) is 2. The summed E-state index contributed by atoms with van der Waals surface area (Å²) >= 11 is 0. The first-order valence-corrected chi connectivity index (χ1v) is 5.49. The van der Waals surface area contributed by atoms with Crippen LogP contribution in [0, 0.1) is 0 Å². The maximum atomic E-state index is 11.8. The van der Waals surface area contributed by atoms with Crippen molar-refractivity contribution in [2.75, 3.05) is 19.1 Å². The Balaban J connectivity index is 2.79. The molecular formula is C13H19NO2. The molecule has 0 aliphatic carbocycles. The second kappa shape index (κ2) is 5.66. The van der Waals surface area contributed by atoms with E-state index in [0.29, 0.717) is 0 Å². The zero-order valence-corrected chi connectivity index (χ0v) is 10.4. The minimum atomic E-state index is -0.407. The number of ether oxygens (including phenoxy) is 1. The minimum Gasteiger partial charge on any atom is -0.372 e. The number of anilines is 1. The van der Waals surface area contributed by atoms with Crippen molar-refractivity contribution in [2.45, 2.75) is 26.4 Å². The lowest BCUT2D eigenvalue weighted by Gasteiger charge is -2.20. The molecule has 0 heterocycles. The van der Waals surface area contributed by atoms with Gasteiger partial charge in [-0.25, -0.2) is 0 Å². The summed E-state index contributed by atoms with van der Waals surface area (Å²) in [5.74, 6) is -0.0354. The predicted octanol–water partition coefficient (Wildman–Crippen LogP) is 2.25. The molecular weight excluding hydrogens is 202 g/mol. The number of hydrogen-bond donors (Lipinski definition) is 0. The van der Waals surface area contributed by atoms with Gasteiger partial charge in [0.15, 0.2) is 0 Å². The summed E-state index contributed by atoms with van der Waals surface area (Å²) in [6.07, 6.45) is 0.600. The van der Waals surface area contributed by atoms with E-state index in [2.05, 4.69) is 6.92 Å². The fourth-order valence-electron chi connectivity index (χ4n) is 1.46. The van der Waals surface area contributed by atoms with Crippen molar-refractivity contribution < 1.29 is 9.53 Å². The number of carbonyl (C=O) groups excluding carboxylic acids is 1. The summed E-state index contributed by atoms with van der Waals surface area (Å²) in [5.41, 5.74) is 2.16. The van der Waals surface area contributed by atoms with Crippen LogP contribution >= 0.6 is 0 Å². The van der Waals surface area contributed by atoms with Gasteiger partial charge < -0.3 is 9.64 Å². The van der Waals surface area contributed by atoms with Gasteiger partial charge in [-0.05, 0) is 31.0 Å². The Kier molecular flexibility index (Phi) is 4.50. The molecule has 1 rings (SSSR count). The Hall–Kier alpha value is -1.35. The molecule has 0 aliphatic heterocycles. The topological polar surface area (TPSA) is 29.5 Å². The van der Waals surface area contributed by atoms with E-state index in [1.165, 1.54) is 12.7 Å². The molecule has 3 heteroatoms. The molecule has 16 heavy (non-hydrogen) atoms. The fourth-order valence-corrected chi connectivity index (χ4v) is 1.46. The van der Waals surface area contributed by atoms with Gasteiger partial charge in [-0.15, -0.1) is 0 Å². The van der Waals surface area contributed by atoms with E-state index in [-0.39, 0.29) is 5.91 Å². The molecule has 0 spiro atoms. The van der Waals surface area contributed by atoms with Crippen molar-refractivity contribution in [2.24, 2.45) is 0 Å². The standard InChI is InChI=1S/C13H19NO2/c1-5-11-6-8-12(9-7-11)14(3)13(15)10(2)16-4/h6-10H,5H2,1-4H3. The fraction of sp³-hybridized carbons (Fsp3) is 0.462. The third kappa shape index (κ3) is 2.83. The van der Waals surface area contributed by atoms with Crippen molar-refractivity contribution >= 4 is 11.6 Å². The van der Waals surface area contributed by atoms with E-state index in [0.717, 1.165) is 12.1 Å². The van der Waals surface area contributed by atoms with Crippen LogP contribution in [0.4, 0.5) is 5.69 Å². The SMILES string of the molecule is CCc1ccc(N(C)C(=O)C(C)OC)cc1. The van der Waals surface area contributed by atoms with E-state index in [1.807, 2.05) is 24.3 Å². The molecule has 1 atom stereocenters. The normalized spacial score (nSPS) is 12.2. The van der Waals surface area contributed by atoms with Crippen molar-refractivity contribution in [1.82, 2.24) is 0 Å². The average molecular weight is 221 g/mol. The van der Waals surface area contributed by atoms with Gasteiger partial charge in [-0.3, -0.25) is 4.79 Å². The number of likely N-dealkylation sites (N-methyl/N-ethyl adjacent to an activating group) is 1. The summed E-state index contributed by atoms with van der Waals surface area (Å²) in [6, 6.07) is 7.99. The van der Waals surface area contributed by atoms with Gasteiger partial charge in [-0.2, -0.15) is 0 Å². The molecule has 1 aromatic carbocycles. The number of rotatable bonds is 4. The molecule has 0 aromatic heterocycles. The third-order valence-electron chi connectivity index (χ3n) is 2.76. The van der Waals surface area contributed by atoms with E-state index in [4.69, 9.17) is 4.74 Å². The van der Waals surface area contributed by atoms with Crippen LogP contribution in [0.5, 0.6) is 0 Å². The molecule has 0 saturated carbocycles. The summed E-state index contributed by atoms with van der Waals surface area (Å²) in [7, 11) is 3.30. The van der Waals surface area contributed by atoms with E-state index < -0.39 is 6.10 Å². The molecule has 0 saturated heterocycles. The van der Waals surface area contributed by atoms with E-state index >= 15 is 0 Å². The zero-order valence-electron chi connectivity index (χ0n) is 10.4. The van der Waals surface area contributed by atoms with Crippen molar-refractivity contribution in [1.29, 1.82) is 0 Å². The van der Waals surface area contributed by atoms with Crippen molar-refractivity contribution in [3.63, 3.8) is 0 Å². The largest absolute Gasteiger partial charge is 0.372 e. The van der Waals surface area contributed by atoms with E-state index in [1.54, 1.807) is 18.9 Å². The number of benzene rings is 1. The highest BCUT2D eigenvalue weighted by atomic mass is 16.5. The van der Waals surface area contributed by atoms with E-state index in [9.17, 15) is 4.79 Å². The second-order valence-corrected chi connectivity index (χ2v) is 3.80. The molecule has 1 unspecified atom stereocenters.